The van der Waals surface area contributed by atoms with Crippen molar-refractivity contribution in [3.05, 3.63) is 42.2 Å². The molecule has 1 fully saturated rings. The molecule has 22 heavy (non-hydrogen) atoms. The van der Waals surface area contributed by atoms with Crippen molar-refractivity contribution in [1.82, 2.24) is 15.0 Å². The van der Waals surface area contributed by atoms with Crippen molar-refractivity contribution in [3.8, 4) is 11.3 Å². The fourth-order valence-electron chi connectivity index (χ4n) is 2.80. The molecule has 1 aliphatic rings. The molecule has 0 atom stereocenters. The lowest BCUT2D eigenvalue weighted by Crippen LogP contribution is -2.33. The van der Waals surface area contributed by atoms with E-state index < -0.39 is 0 Å². The molecule has 3 rings (SSSR count). The van der Waals surface area contributed by atoms with E-state index in [9.17, 15) is 4.79 Å². The van der Waals surface area contributed by atoms with Gasteiger partial charge in [0.05, 0.1) is 6.54 Å². The molecule has 5 heteroatoms. The summed E-state index contributed by atoms with van der Waals surface area (Å²) in [4.78, 5) is 15.7. The molecule has 0 saturated carbocycles. The molecule has 0 spiro atoms. The van der Waals surface area contributed by atoms with Gasteiger partial charge in [-0.2, -0.15) is 0 Å². The number of rotatable bonds is 3. The summed E-state index contributed by atoms with van der Waals surface area (Å²) in [6, 6.07) is 12.0. The number of aromatic nitrogens is 1. The van der Waals surface area contributed by atoms with Crippen LogP contribution in [0.3, 0.4) is 0 Å². The van der Waals surface area contributed by atoms with E-state index in [1.165, 1.54) is 0 Å². The minimum absolute atomic E-state index is 0.160. The van der Waals surface area contributed by atoms with Gasteiger partial charge >= 0.3 is 0 Å². The molecule has 0 N–H and O–H groups in total. The summed E-state index contributed by atoms with van der Waals surface area (Å²) in [6.07, 6.45) is 0.999. The van der Waals surface area contributed by atoms with E-state index in [-0.39, 0.29) is 5.91 Å². The predicted molar refractivity (Wildman–Crippen MR) is 84.1 cm³/mol. The molecule has 1 aliphatic heterocycles. The third-order valence-electron chi connectivity index (χ3n) is 4.04. The zero-order valence-electron chi connectivity index (χ0n) is 12.9. The van der Waals surface area contributed by atoms with Crippen molar-refractivity contribution in [2.24, 2.45) is 0 Å². The van der Waals surface area contributed by atoms with E-state index >= 15 is 0 Å². The normalized spacial score (nSPS) is 16.5. The highest BCUT2D eigenvalue weighted by molar-refractivity contribution is 5.73. The first kappa shape index (κ1) is 14.8. The van der Waals surface area contributed by atoms with E-state index in [2.05, 4.69) is 10.1 Å². The van der Waals surface area contributed by atoms with Crippen molar-refractivity contribution in [2.75, 3.05) is 26.2 Å². The lowest BCUT2D eigenvalue weighted by Gasteiger charge is -2.19. The van der Waals surface area contributed by atoms with E-state index in [1.54, 1.807) is 6.92 Å². The Labute approximate surface area is 130 Å². The SMILES string of the molecule is CC(=O)N1CCCN(Cc2cc(-c3ccccc3)no2)CC1. The molecule has 0 bridgehead atoms. The van der Waals surface area contributed by atoms with Crippen LogP contribution in [0.5, 0.6) is 0 Å². The number of nitrogens with zero attached hydrogens (tertiary/aromatic N) is 3. The summed E-state index contributed by atoms with van der Waals surface area (Å²) >= 11 is 0. The van der Waals surface area contributed by atoms with Crippen molar-refractivity contribution < 1.29 is 9.32 Å². The minimum Gasteiger partial charge on any atom is -0.359 e. The molecule has 116 valence electrons. The first-order valence-corrected chi connectivity index (χ1v) is 7.71. The average molecular weight is 299 g/mol. The van der Waals surface area contributed by atoms with Crippen LogP contribution in [0.25, 0.3) is 11.3 Å². The van der Waals surface area contributed by atoms with Crippen LogP contribution in [-0.4, -0.2) is 47.0 Å². The van der Waals surface area contributed by atoms with Crippen LogP contribution in [0.4, 0.5) is 0 Å². The first-order chi connectivity index (χ1) is 10.7. The van der Waals surface area contributed by atoms with Gasteiger partial charge in [0.25, 0.3) is 0 Å². The van der Waals surface area contributed by atoms with E-state index in [4.69, 9.17) is 4.52 Å². The van der Waals surface area contributed by atoms with Gasteiger partial charge in [-0.3, -0.25) is 9.69 Å². The minimum atomic E-state index is 0.160. The Bertz CT molecular complexity index is 624. The van der Waals surface area contributed by atoms with E-state index in [0.29, 0.717) is 0 Å². The highest BCUT2D eigenvalue weighted by Crippen LogP contribution is 2.19. The Balaban J connectivity index is 1.62. The average Bonchev–Trinajstić information content (AvgIpc) is 2.86. The highest BCUT2D eigenvalue weighted by atomic mass is 16.5. The van der Waals surface area contributed by atoms with Gasteiger partial charge in [-0.15, -0.1) is 0 Å². The Kier molecular flexibility index (Phi) is 4.53. The maximum atomic E-state index is 11.5. The van der Waals surface area contributed by atoms with Gasteiger partial charge in [0, 0.05) is 44.7 Å². The summed E-state index contributed by atoms with van der Waals surface area (Å²) in [5, 5.41) is 4.15. The van der Waals surface area contributed by atoms with Crippen LogP contribution in [0.15, 0.2) is 40.9 Å². The third kappa shape index (κ3) is 3.54. The summed E-state index contributed by atoms with van der Waals surface area (Å²) in [6.45, 7) is 5.86. The summed E-state index contributed by atoms with van der Waals surface area (Å²) in [7, 11) is 0. The maximum Gasteiger partial charge on any atom is 0.219 e. The zero-order valence-corrected chi connectivity index (χ0v) is 12.9. The number of carbonyl (C=O) groups excluding carboxylic acids is 1. The Morgan fingerprint density at radius 2 is 2.00 bits per heavy atom. The quantitative estimate of drug-likeness (QED) is 0.873. The molecule has 1 amide bonds. The van der Waals surface area contributed by atoms with Gasteiger partial charge in [-0.1, -0.05) is 35.5 Å². The van der Waals surface area contributed by atoms with E-state index in [1.807, 2.05) is 41.3 Å². The van der Waals surface area contributed by atoms with Gasteiger partial charge in [0.2, 0.25) is 5.91 Å². The fourth-order valence-corrected chi connectivity index (χ4v) is 2.80. The van der Waals surface area contributed by atoms with Crippen LogP contribution >= 0.6 is 0 Å². The molecule has 2 heterocycles. The third-order valence-corrected chi connectivity index (χ3v) is 4.04. The summed E-state index contributed by atoms with van der Waals surface area (Å²) in [5.41, 5.74) is 1.94. The second-order valence-corrected chi connectivity index (χ2v) is 5.68. The molecule has 1 saturated heterocycles. The van der Waals surface area contributed by atoms with Crippen LogP contribution in [0.2, 0.25) is 0 Å². The second kappa shape index (κ2) is 6.75. The van der Waals surface area contributed by atoms with Crippen molar-refractivity contribution in [3.63, 3.8) is 0 Å². The molecule has 0 aliphatic carbocycles. The van der Waals surface area contributed by atoms with Gasteiger partial charge in [-0.05, 0) is 6.42 Å². The van der Waals surface area contributed by atoms with Gasteiger partial charge in [0.1, 0.15) is 5.69 Å². The molecule has 5 nitrogen and oxygen atoms in total. The molecule has 0 unspecified atom stereocenters. The maximum absolute atomic E-state index is 11.5. The summed E-state index contributed by atoms with van der Waals surface area (Å²) < 4.78 is 5.46. The lowest BCUT2D eigenvalue weighted by molar-refractivity contribution is -0.128. The standard InChI is InChI=1S/C17H21N3O2/c1-14(21)20-9-5-8-19(10-11-20)13-16-12-17(18-22-16)15-6-3-2-4-7-15/h2-4,6-7,12H,5,8-11,13H2,1H3. The number of hydrogen-bond donors (Lipinski definition) is 0. The largest absolute Gasteiger partial charge is 0.359 e. The van der Waals surface area contributed by atoms with Crippen LogP contribution in [0.1, 0.15) is 19.1 Å². The van der Waals surface area contributed by atoms with E-state index in [0.717, 1.165) is 56.2 Å². The van der Waals surface area contributed by atoms with Gasteiger partial charge in [-0.25, -0.2) is 0 Å². The zero-order chi connectivity index (χ0) is 15.4. The number of carbonyl (C=O) groups is 1. The Morgan fingerprint density at radius 3 is 2.77 bits per heavy atom. The Morgan fingerprint density at radius 1 is 1.18 bits per heavy atom. The molecule has 0 radical (unpaired) electrons. The molecular formula is C17H21N3O2. The molecule has 2 aromatic rings. The first-order valence-electron chi connectivity index (χ1n) is 7.71. The molecular weight excluding hydrogens is 278 g/mol. The lowest BCUT2D eigenvalue weighted by atomic mass is 10.1. The molecule has 1 aromatic carbocycles. The molecule has 1 aromatic heterocycles. The van der Waals surface area contributed by atoms with Crippen molar-refractivity contribution in [1.29, 1.82) is 0 Å². The second-order valence-electron chi connectivity index (χ2n) is 5.68. The van der Waals surface area contributed by atoms with Crippen LogP contribution < -0.4 is 0 Å². The summed E-state index contributed by atoms with van der Waals surface area (Å²) in [5.74, 6) is 1.03. The number of benzene rings is 1. The fraction of sp³-hybridized carbons (Fsp3) is 0.412. The van der Waals surface area contributed by atoms with Crippen LogP contribution in [0, 0.1) is 0 Å². The van der Waals surface area contributed by atoms with Gasteiger partial charge in [0.15, 0.2) is 5.76 Å². The predicted octanol–water partition coefficient (Wildman–Crippen LogP) is 2.40. The number of hydrogen-bond acceptors (Lipinski definition) is 4. The smallest absolute Gasteiger partial charge is 0.219 e. The highest BCUT2D eigenvalue weighted by Gasteiger charge is 2.18. The number of amides is 1. The van der Waals surface area contributed by atoms with Crippen molar-refractivity contribution in [2.45, 2.75) is 19.9 Å². The van der Waals surface area contributed by atoms with Crippen LogP contribution in [-0.2, 0) is 11.3 Å². The topological polar surface area (TPSA) is 49.6 Å². The van der Waals surface area contributed by atoms with Crippen molar-refractivity contribution >= 4 is 5.91 Å². The van der Waals surface area contributed by atoms with Gasteiger partial charge < -0.3 is 9.42 Å². The Hall–Kier alpha value is -2.14. The monoisotopic (exact) mass is 299 g/mol.